The van der Waals surface area contributed by atoms with Crippen LogP contribution >= 0.6 is 23.2 Å². The lowest BCUT2D eigenvalue weighted by Crippen LogP contribution is -2.38. The number of aryl methyl sites for hydroxylation is 1. The lowest BCUT2D eigenvalue weighted by atomic mass is 10.1. The number of hydrogen-bond donors (Lipinski definition) is 1. The third-order valence-electron chi connectivity index (χ3n) is 5.10. The minimum Gasteiger partial charge on any atom is -0.465 e. The lowest BCUT2D eigenvalue weighted by Gasteiger charge is -2.25. The first kappa shape index (κ1) is 25.6. The van der Waals surface area contributed by atoms with Gasteiger partial charge in [0, 0.05) is 5.69 Å². The summed E-state index contributed by atoms with van der Waals surface area (Å²) in [6.07, 6.45) is 0. The van der Waals surface area contributed by atoms with Gasteiger partial charge in [-0.3, -0.25) is 9.10 Å². The number of anilines is 2. The zero-order valence-electron chi connectivity index (χ0n) is 18.6. The third-order valence-corrected chi connectivity index (χ3v) is 7.63. The molecule has 0 saturated heterocycles. The van der Waals surface area contributed by atoms with E-state index in [1.165, 1.54) is 37.4 Å². The van der Waals surface area contributed by atoms with E-state index in [1.807, 2.05) is 6.92 Å². The van der Waals surface area contributed by atoms with Gasteiger partial charge in [0.2, 0.25) is 5.91 Å². The molecule has 1 N–H and O–H groups in total. The predicted molar refractivity (Wildman–Crippen MR) is 133 cm³/mol. The van der Waals surface area contributed by atoms with Crippen molar-refractivity contribution >= 4 is 56.5 Å². The molecule has 10 heteroatoms. The van der Waals surface area contributed by atoms with Gasteiger partial charge < -0.3 is 10.1 Å². The van der Waals surface area contributed by atoms with Crippen LogP contribution in [0, 0.1) is 13.8 Å². The largest absolute Gasteiger partial charge is 0.465 e. The number of carbonyl (C=O) groups is 2. The van der Waals surface area contributed by atoms with Gasteiger partial charge in [-0.2, -0.15) is 0 Å². The van der Waals surface area contributed by atoms with Crippen molar-refractivity contribution in [3.8, 4) is 0 Å². The lowest BCUT2D eigenvalue weighted by molar-refractivity contribution is -0.114. The summed E-state index contributed by atoms with van der Waals surface area (Å²) in [6.45, 7) is 2.95. The van der Waals surface area contributed by atoms with Crippen molar-refractivity contribution in [1.82, 2.24) is 0 Å². The summed E-state index contributed by atoms with van der Waals surface area (Å²) in [5, 5.41) is 3.07. The molecule has 0 bridgehead atoms. The highest BCUT2D eigenvalue weighted by molar-refractivity contribution is 7.92. The minimum absolute atomic E-state index is 0.0147. The van der Waals surface area contributed by atoms with Gasteiger partial charge in [0.1, 0.15) is 6.54 Å². The number of benzene rings is 3. The molecule has 0 unspecified atom stereocenters. The van der Waals surface area contributed by atoms with E-state index in [1.54, 1.807) is 37.3 Å². The molecule has 0 aliphatic carbocycles. The highest BCUT2D eigenvalue weighted by atomic mass is 35.5. The van der Waals surface area contributed by atoms with Crippen molar-refractivity contribution in [1.29, 1.82) is 0 Å². The molecule has 1 amide bonds. The smallest absolute Gasteiger partial charge is 0.338 e. The zero-order chi connectivity index (χ0) is 25.0. The first-order chi connectivity index (χ1) is 16.0. The molecule has 0 radical (unpaired) electrons. The van der Waals surface area contributed by atoms with Crippen LogP contribution in [-0.2, 0) is 19.6 Å². The first-order valence-electron chi connectivity index (χ1n) is 10.1. The highest BCUT2D eigenvalue weighted by Gasteiger charge is 2.28. The van der Waals surface area contributed by atoms with E-state index in [-0.39, 0.29) is 26.2 Å². The molecule has 0 aliphatic rings. The van der Waals surface area contributed by atoms with Gasteiger partial charge in [-0.1, -0.05) is 47.0 Å². The molecule has 3 rings (SSSR count). The average Bonchev–Trinajstić information content (AvgIpc) is 2.80. The Morgan fingerprint density at radius 2 is 1.65 bits per heavy atom. The van der Waals surface area contributed by atoms with Crippen LogP contribution in [-0.4, -0.2) is 33.9 Å². The molecule has 178 valence electrons. The van der Waals surface area contributed by atoms with E-state index in [0.717, 1.165) is 9.87 Å². The molecule has 0 spiro atoms. The van der Waals surface area contributed by atoms with E-state index < -0.39 is 28.4 Å². The molecule has 3 aromatic carbocycles. The van der Waals surface area contributed by atoms with Crippen LogP contribution in [0.25, 0.3) is 0 Å². The number of nitrogens with zero attached hydrogens (tertiary/aromatic N) is 1. The van der Waals surface area contributed by atoms with Crippen LogP contribution in [0.2, 0.25) is 10.0 Å². The van der Waals surface area contributed by atoms with Crippen LogP contribution in [0.4, 0.5) is 11.4 Å². The Balaban J connectivity index is 1.98. The van der Waals surface area contributed by atoms with Crippen molar-refractivity contribution in [3.63, 3.8) is 0 Å². The number of rotatable bonds is 7. The fraction of sp³-hybridized carbons (Fsp3) is 0.167. The van der Waals surface area contributed by atoms with Gasteiger partial charge in [0.15, 0.2) is 0 Å². The van der Waals surface area contributed by atoms with Crippen molar-refractivity contribution < 1.29 is 22.7 Å². The van der Waals surface area contributed by atoms with Crippen molar-refractivity contribution in [3.05, 3.63) is 87.4 Å². The fourth-order valence-corrected chi connectivity index (χ4v) is 4.92. The summed E-state index contributed by atoms with van der Waals surface area (Å²) in [5.41, 5.74) is 2.19. The Kier molecular flexibility index (Phi) is 7.86. The van der Waals surface area contributed by atoms with Crippen LogP contribution in [0.5, 0.6) is 0 Å². The SMILES string of the molecule is COC(=O)c1cccc(NC(=O)CN(c2ccc(Cl)c(Cl)c2)S(=O)(=O)c2ccc(C)cc2)c1C. The van der Waals surface area contributed by atoms with Crippen molar-refractivity contribution in [2.24, 2.45) is 0 Å². The molecule has 0 saturated carbocycles. The molecule has 0 aliphatic heterocycles. The summed E-state index contributed by atoms with van der Waals surface area (Å²) in [4.78, 5) is 25.0. The Bertz CT molecular complexity index is 1340. The summed E-state index contributed by atoms with van der Waals surface area (Å²) in [6, 6.07) is 15.4. The quantitative estimate of drug-likeness (QED) is 0.430. The second-order valence-electron chi connectivity index (χ2n) is 7.44. The zero-order valence-corrected chi connectivity index (χ0v) is 21.0. The maximum absolute atomic E-state index is 13.5. The number of carbonyl (C=O) groups excluding carboxylic acids is 2. The van der Waals surface area contributed by atoms with Gasteiger partial charge in [0.05, 0.1) is 33.3 Å². The average molecular weight is 521 g/mol. The fourth-order valence-electron chi connectivity index (χ4n) is 3.22. The van der Waals surface area contributed by atoms with E-state index in [2.05, 4.69) is 5.32 Å². The minimum atomic E-state index is -4.13. The number of halogens is 2. The van der Waals surface area contributed by atoms with Gasteiger partial charge in [-0.05, 0) is 61.9 Å². The normalized spacial score (nSPS) is 11.1. The second-order valence-corrected chi connectivity index (χ2v) is 10.1. The number of esters is 1. The van der Waals surface area contributed by atoms with Crippen LogP contribution in [0.3, 0.4) is 0 Å². The summed E-state index contributed by atoms with van der Waals surface area (Å²) in [7, 11) is -2.86. The molecular formula is C24H22Cl2N2O5S. The number of ether oxygens (including phenoxy) is 1. The standard InChI is InChI=1S/C24H22Cl2N2O5S/c1-15-7-10-18(11-8-15)34(31,32)28(17-9-12-20(25)21(26)13-17)14-23(29)27-22-6-4-5-19(16(22)2)24(30)33-3/h4-13H,14H2,1-3H3,(H,27,29). The number of sulfonamides is 1. The monoisotopic (exact) mass is 520 g/mol. The van der Waals surface area contributed by atoms with Crippen molar-refractivity contribution in [2.75, 3.05) is 23.3 Å². The van der Waals surface area contributed by atoms with E-state index in [9.17, 15) is 18.0 Å². The van der Waals surface area contributed by atoms with Gasteiger partial charge in [-0.25, -0.2) is 13.2 Å². The maximum Gasteiger partial charge on any atom is 0.338 e. The molecule has 0 fully saturated rings. The predicted octanol–water partition coefficient (Wildman–Crippen LogP) is 5.23. The van der Waals surface area contributed by atoms with Gasteiger partial charge >= 0.3 is 5.97 Å². The Labute approximate surface area is 208 Å². The van der Waals surface area contributed by atoms with E-state index in [4.69, 9.17) is 27.9 Å². The Morgan fingerprint density at radius 1 is 0.971 bits per heavy atom. The van der Waals surface area contributed by atoms with Crippen LogP contribution in [0.1, 0.15) is 21.5 Å². The molecule has 3 aromatic rings. The van der Waals surface area contributed by atoms with E-state index in [0.29, 0.717) is 11.3 Å². The van der Waals surface area contributed by atoms with Crippen LogP contribution in [0.15, 0.2) is 65.6 Å². The Morgan fingerprint density at radius 3 is 2.26 bits per heavy atom. The summed E-state index contributed by atoms with van der Waals surface area (Å²) < 4.78 is 32.7. The second kappa shape index (κ2) is 10.5. The Hall–Kier alpha value is -3.07. The summed E-state index contributed by atoms with van der Waals surface area (Å²) >= 11 is 12.1. The summed E-state index contributed by atoms with van der Waals surface area (Å²) in [5.74, 6) is -1.17. The maximum atomic E-state index is 13.5. The van der Waals surface area contributed by atoms with Gasteiger partial charge in [-0.15, -0.1) is 0 Å². The van der Waals surface area contributed by atoms with Crippen LogP contribution < -0.4 is 9.62 Å². The molecular weight excluding hydrogens is 499 g/mol. The number of hydrogen-bond acceptors (Lipinski definition) is 5. The molecule has 34 heavy (non-hydrogen) atoms. The first-order valence-corrected chi connectivity index (χ1v) is 12.3. The number of methoxy groups -OCH3 is 1. The van der Waals surface area contributed by atoms with Gasteiger partial charge in [0.25, 0.3) is 10.0 Å². The number of nitrogens with one attached hydrogen (secondary N) is 1. The molecule has 0 aromatic heterocycles. The molecule has 0 heterocycles. The van der Waals surface area contributed by atoms with Crippen molar-refractivity contribution in [2.45, 2.75) is 18.7 Å². The number of amides is 1. The van der Waals surface area contributed by atoms with E-state index >= 15 is 0 Å². The topological polar surface area (TPSA) is 92.8 Å². The molecule has 7 nitrogen and oxygen atoms in total. The third kappa shape index (κ3) is 5.52. The highest BCUT2D eigenvalue weighted by Crippen LogP contribution is 2.31. The molecule has 0 atom stereocenters.